The Bertz CT molecular complexity index is 1270. The average Bonchev–Trinajstić information content (AvgIpc) is 3.28. The third kappa shape index (κ3) is 4.58. The van der Waals surface area contributed by atoms with Crippen molar-refractivity contribution in [2.24, 2.45) is 5.92 Å². The largest absolute Gasteiger partial charge is 0.302 e. The SMILES string of the molecule is Cc1ccc(-c2csc(NC(=O)C3CCN(S(=O)(=O)c4ccccc4C#N)CC3)n2)cc1. The lowest BCUT2D eigenvalue weighted by molar-refractivity contribution is -0.120. The van der Waals surface area contributed by atoms with Gasteiger partial charge in [-0.3, -0.25) is 4.79 Å². The zero-order chi connectivity index (χ0) is 22.7. The highest BCUT2D eigenvalue weighted by Gasteiger charge is 2.33. The number of hydrogen-bond acceptors (Lipinski definition) is 6. The molecular formula is C23H22N4O3S2. The molecule has 1 aliphatic rings. The van der Waals surface area contributed by atoms with E-state index < -0.39 is 10.0 Å². The summed E-state index contributed by atoms with van der Waals surface area (Å²) in [5.74, 6) is -0.441. The number of thiazole rings is 1. The van der Waals surface area contributed by atoms with E-state index >= 15 is 0 Å². The summed E-state index contributed by atoms with van der Waals surface area (Å²) in [5, 5.41) is 14.5. The Kier molecular flexibility index (Phi) is 6.37. The fourth-order valence-corrected chi connectivity index (χ4v) is 6.01. The smallest absolute Gasteiger partial charge is 0.244 e. The number of carbonyl (C=O) groups is 1. The zero-order valence-corrected chi connectivity index (χ0v) is 19.1. The summed E-state index contributed by atoms with van der Waals surface area (Å²) in [6.07, 6.45) is 0.825. The molecule has 0 atom stereocenters. The Morgan fingerprint density at radius 2 is 1.84 bits per heavy atom. The molecule has 164 valence electrons. The quantitative estimate of drug-likeness (QED) is 0.611. The van der Waals surface area contributed by atoms with Crippen molar-refractivity contribution < 1.29 is 13.2 Å². The molecule has 0 spiro atoms. The van der Waals surface area contributed by atoms with E-state index in [1.165, 1.54) is 33.3 Å². The molecule has 1 fully saturated rings. The van der Waals surface area contributed by atoms with Crippen LogP contribution in [0.1, 0.15) is 24.0 Å². The molecule has 2 heterocycles. The predicted molar refractivity (Wildman–Crippen MR) is 124 cm³/mol. The molecule has 0 bridgehead atoms. The molecule has 7 nitrogen and oxygen atoms in total. The van der Waals surface area contributed by atoms with Gasteiger partial charge in [0.25, 0.3) is 0 Å². The normalized spacial score (nSPS) is 15.2. The molecule has 0 unspecified atom stereocenters. The van der Waals surface area contributed by atoms with Crippen molar-refractivity contribution in [2.75, 3.05) is 18.4 Å². The number of benzene rings is 2. The van der Waals surface area contributed by atoms with Crippen molar-refractivity contribution in [1.82, 2.24) is 9.29 Å². The molecule has 32 heavy (non-hydrogen) atoms. The second kappa shape index (κ2) is 9.20. The number of hydrogen-bond donors (Lipinski definition) is 1. The van der Waals surface area contributed by atoms with Crippen LogP contribution in [0, 0.1) is 24.2 Å². The summed E-state index contributed by atoms with van der Waals surface area (Å²) in [5.41, 5.74) is 3.09. The molecule has 0 saturated carbocycles. The molecule has 3 aromatic rings. The molecule has 2 aromatic carbocycles. The molecule has 0 radical (unpaired) electrons. The van der Waals surface area contributed by atoms with Crippen molar-refractivity contribution >= 4 is 32.4 Å². The Balaban J connectivity index is 1.38. The van der Waals surface area contributed by atoms with Gasteiger partial charge in [-0.1, -0.05) is 42.0 Å². The Hall–Kier alpha value is -3.06. The van der Waals surface area contributed by atoms with Crippen LogP contribution in [0.3, 0.4) is 0 Å². The van der Waals surface area contributed by atoms with Crippen molar-refractivity contribution in [2.45, 2.75) is 24.7 Å². The third-order valence-electron chi connectivity index (χ3n) is 5.53. The van der Waals surface area contributed by atoms with Crippen LogP contribution in [-0.2, 0) is 14.8 Å². The van der Waals surface area contributed by atoms with Gasteiger partial charge in [-0.05, 0) is 31.9 Å². The number of amides is 1. The lowest BCUT2D eigenvalue weighted by atomic mass is 9.97. The van der Waals surface area contributed by atoms with E-state index in [1.807, 2.05) is 42.6 Å². The van der Waals surface area contributed by atoms with Gasteiger partial charge in [0.2, 0.25) is 15.9 Å². The van der Waals surface area contributed by atoms with Gasteiger partial charge in [0, 0.05) is 30.0 Å². The number of nitriles is 1. The molecule has 4 rings (SSSR count). The average molecular weight is 467 g/mol. The monoisotopic (exact) mass is 466 g/mol. The maximum Gasteiger partial charge on any atom is 0.244 e. The lowest BCUT2D eigenvalue weighted by Gasteiger charge is -2.30. The van der Waals surface area contributed by atoms with Gasteiger partial charge < -0.3 is 5.32 Å². The number of aromatic nitrogens is 1. The minimum atomic E-state index is -3.77. The van der Waals surface area contributed by atoms with Gasteiger partial charge in [-0.15, -0.1) is 11.3 Å². The van der Waals surface area contributed by atoms with Crippen LogP contribution in [0.25, 0.3) is 11.3 Å². The van der Waals surface area contributed by atoms with Crippen molar-refractivity contribution in [3.8, 4) is 17.3 Å². The van der Waals surface area contributed by atoms with Crippen LogP contribution < -0.4 is 5.32 Å². The van der Waals surface area contributed by atoms with E-state index in [1.54, 1.807) is 12.1 Å². The van der Waals surface area contributed by atoms with Gasteiger partial charge in [0.15, 0.2) is 5.13 Å². The van der Waals surface area contributed by atoms with E-state index in [9.17, 15) is 18.5 Å². The van der Waals surface area contributed by atoms with Crippen LogP contribution >= 0.6 is 11.3 Å². The zero-order valence-electron chi connectivity index (χ0n) is 17.5. The first kappa shape index (κ1) is 22.1. The van der Waals surface area contributed by atoms with Gasteiger partial charge in [0.1, 0.15) is 6.07 Å². The maximum atomic E-state index is 13.0. The van der Waals surface area contributed by atoms with E-state index in [0.29, 0.717) is 18.0 Å². The highest BCUT2D eigenvalue weighted by Crippen LogP contribution is 2.28. The lowest BCUT2D eigenvalue weighted by Crippen LogP contribution is -2.41. The van der Waals surface area contributed by atoms with Gasteiger partial charge in [-0.25, -0.2) is 13.4 Å². The number of sulfonamides is 1. The standard InChI is InChI=1S/C23H22N4O3S2/c1-16-6-8-17(9-7-16)20-15-31-23(25-20)26-22(28)18-10-12-27(13-11-18)32(29,30)21-5-3-2-4-19(21)14-24/h2-9,15,18H,10-13H2,1H3,(H,25,26,28). The molecule has 1 saturated heterocycles. The molecule has 1 aliphatic heterocycles. The van der Waals surface area contributed by atoms with E-state index in [-0.39, 0.29) is 35.4 Å². The second-order valence-electron chi connectivity index (χ2n) is 7.68. The number of nitrogens with one attached hydrogen (secondary N) is 1. The first-order chi connectivity index (χ1) is 15.4. The molecule has 1 N–H and O–H groups in total. The van der Waals surface area contributed by atoms with Crippen LogP contribution in [0.15, 0.2) is 58.8 Å². The van der Waals surface area contributed by atoms with Crippen LogP contribution in [0.4, 0.5) is 5.13 Å². The number of aryl methyl sites for hydroxylation is 1. The fraction of sp³-hybridized carbons (Fsp3) is 0.261. The van der Waals surface area contributed by atoms with E-state index in [2.05, 4.69) is 10.3 Å². The number of nitrogens with zero attached hydrogens (tertiary/aromatic N) is 3. The van der Waals surface area contributed by atoms with Crippen molar-refractivity contribution in [3.63, 3.8) is 0 Å². The Morgan fingerprint density at radius 3 is 2.53 bits per heavy atom. The number of anilines is 1. The molecule has 1 amide bonds. The van der Waals surface area contributed by atoms with Crippen LogP contribution in [-0.4, -0.2) is 36.7 Å². The summed E-state index contributed by atoms with van der Waals surface area (Å²) >= 11 is 1.37. The first-order valence-corrected chi connectivity index (χ1v) is 12.5. The Morgan fingerprint density at radius 1 is 1.16 bits per heavy atom. The van der Waals surface area contributed by atoms with Crippen molar-refractivity contribution in [1.29, 1.82) is 5.26 Å². The van der Waals surface area contributed by atoms with E-state index in [4.69, 9.17) is 0 Å². The first-order valence-electron chi connectivity index (χ1n) is 10.2. The minimum absolute atomic E-state index is 0.0109. The van der Waals surface area contributed by atoms with E-state index in [0.717, 1.165) is 11.3 Å². The van der Waals surface area contributed by atoms with Gasteiger partial charge in [0.05, 0.1) is 16.2 Å². The molecule has 0 aliphatic carbocycles. The van der Waals surface area contributed by atoms with Gasteiger partial charge >= 0.3 is 0 Å². The maximum absolute atomic E-state index is 13.0. The van der Waals surface area contributed by atoms with Gasteiger partial charge in [-0.2, -0.15) is 9.57 Å². The summed E-state index contributed by atoms with van der Waals surface area (Å²) in [7, 11) is -3.77. The molecule has 9 heteroatoms. The number of rotatable bonds is 5. The summed E-state index contributed by atoms with van der Waals surface area (Å²) in [4.78, 5) is 17.2. The Labute approximate surface area is 191 Å². The highest BCUT2D eigenvalue weighted by molar-refractivity contribution is 7.89. The van der Waals surface area contributed by atoms with Crippen LogP contribution in [0.5, 0.6) is 0 Å². The molecule has 1 aromatic heterocycles. The second-order valence-corrected chi connectivity index (χ2v) is 10.4. The summed E-state index contributed by atoms with van der Waals surface area (Å²) in [6, 6.07) is 16.1. The predicted octanol–water partition coefficient (Wildman–Crippen LogP) is 4.03. The van der Waals surface area contributed by atoms with Crippen molar-refractivity contribution in [3.05, 3.63) is 65.0 Å². The number of piperidine rings is 1. The summed E-state index contributed by atoms with van der Waals surface area (Å²) in [6.45, 7) is 2.48. The highest BCUT2D eigenvalue weighted by atomic mass is 32.2. The minimum Gasteiger partial charge on any atom is -0.302 e. The fourth-order valence-electron chi connectivity index (χ4n) is 3.68. The van der Waals surface area contributed by atoms with Crippen LogP contribution in [0.2, 0.25) is 0 Å². The topological polar surface area (TPSA) is 103 Å². The summed E-state index contributed by atoms with van der Waals surface area (Å²) < 4.78 is 27.3. The number of carbonyl (C=O) groups excluding carboxylic acids is 1. The molecular weight excluding hydrogens is 444 g/mol. The third-order valence-corrected chi connectivity index (χ3v) is 8.25.